The molecule has 5 heteroatoms. The van der Waals surface area contributed by atoms with Crippen LogP contribution in [0.2, 0.25) is 5.02 Å². The van der Waals surface area contributed by atoms with Crippen LogP contribution in [0.25, 0.3) is 0 Å². The number of anilines is 2. The Bertz CT molecular complexity index is 470. The Hall–Kier alpha value is -1.26. The lowest BCUT2D eigenvalue weighted by Crippen LogP contribution is -2.17. The highest BCUT2D eigenvalue weighted by Crippen LogP contribution is 2.26. The van der Waals surface area contributed by atoms with Crippen LogP contribution in [0.4, 0.5) is 11.4 Å². The molecule has 0 atom stereocenters. The van der Waals surface area contributed by atoms with Crippen LogP contribution >= 0.6 is 22.9 Å². The fraction of sp³-hybridized carbons (Fsp3) is 0.182. The number of benzene rings is 1. The molecule has 0 fully saturated rings. The van der Waals surface area contributed by atoms with Crippen molar-refractivity contribution in [2.75, 3.05) is 17.7 Å². The Morgan fingerprint density at radius 1 is 1.50 bits per heavy atom. The van der Waals surface area contributed by atoms with Crippen molar-refractivity contribution in [3.8, 4) is 0 Å². The molecule has 16 heavy (non-hydrogen) atoms. The number of nitrogens with zero attached hydrogens (tertiary/aromatic N) is 2. The van der Waals surface area contributed by atoms with Crippen molar-refractivity contribution in [1.29, 1.82) is 0 Å². The van der Waals surface area contributed by atoms with E-state index in [1.807, 2.05) is 35.0 Å². The minimum atomic E-state index is 0.689. The van der Waals surface area contributed by atoms with Gasteiger partial charge in [-0.05, 0) is 18.2 Å². The number of hydrogen-bond donors (Lipinski definition) is 1. The summed E-state index contributed by atoms with van der Waals surface area (Å²) >= 11 is 7.54. The van der Waals surface area contributed by atoms with E-state index >= 15 is 0 Å². The molecule has 2 rings (SSSR count). The van der Waals surface area contributed by atoms with Crippen molar-refractivity contribution in [2.24, 2.45) is 0 Å². The molecular formula is C11H12ClN3S. The van der Waals surface area contributed by atoms with Crippen LogP contribution in [0, 0.1) is 0 Å². The van der Waals surface area contributed by atoms with E-state index in [1.165, 1.54) is 0 Å². The maximum Gasteiger partial charge on any atom is 0.0795 e. The van der Waals surface area contributed by atoms with Crippen LogP contribution in [0.5, 0.6) is 0 Å². The van der Waals surface area contributed by atoms with Crippen LogP contribution in [-0.2, 0) is 6.54 Å². The summed E-state index contributed by atoms with van der Waals surface area (Å²) in [7, 11) is 1.97. The predicted octanol–water partition coefficient (Wildman–Crippen LogP) is 3.02. The summed E-state index contributed by atoms with van der Waals surface area (Å²) in [6.07, 6.45) is 0. The third kappa shape index (κ3) is 2.46. The molecular weight excluding hydrogens is 242 g/mol. The topological polar surface area (TPSA) is 42.2 Å². The Morgan fingerprint density at radius 2 is 2.31 bits per heavy atom. The SMILES string of the molecule is CN(Cc1cscn1)c1cc(Cl)ccc1N. The average Bonchev–Trinajstić information content (AvgIpc) is 2.74. The number of halogens is 1. The second kappa shape index (κ2) is 4.72. The Labute approximate surface area is 103 Å². The lowest BCUT2D eigenvalue weighted by Gasteiger charge is -2.20. The summed E-state index contributed by atoms with van der Waals surface area (Å²) in [6.45, 7) is 0.730. The molecule has 84 valence electrons. The molecule has 3 nitrogen and oxygen atoms in total. The third-order valence-electron chi connectivity index (χ3n) is 2.29. The summed E-state index contributed by atoms with van der Waals surface area (Å²) in [5.41, 5.74) is 10.4. The molecule has 0 amide bonds. The summed E-state index contributed by atoms with van der Waals surface area (Å²) in [6, 6.07) is 5.47. The van der Waals surface area contributed by atoms with Gasteiger partial charge in [0.1, 0.15) is 0 Å². The summed E-state index contributed by atoms with van der Waals surface area (Å²) in [4.78, 5) is 6.27. The number of rotatable bonds is 3. The number of aromatic nitrogens is 1. The van der Waals surface area contributed by atoms with Crippen LogP contribution in [0.1, 0.15) is 5.69 Å². The summed E-state index contributed by atoms with van der Waals surface area (Å²) in [5, 5.41) is 2.71. The van der Waals surface area contributed by atoms with E-state index in [9.17, 15) is 0 Å². The molecule has 0 radical (unpaired) electrons. The molecule has 0 aliphatic heterocycles. The van der Waals surface area contributed by atoms with E-state index in [0.717, 1.165) is 23.6 Å². The van der Waals surface area contributed by atoms with Crippen molar-refractivity contribution in [2.45, 2.75) is 6.54 Å². The van der Waals surface area contributed by atoms with Gasteiger partial charge in [-0.1, -0.05) is 11.6 Å². The smallest absolute Gasteiger partial charge is 0.0795 e. The van der Waals surface area contributed by atoms with Gasteiger partial charge in [0.2, 0.25) is 0 Å². The molecule has 1 aromatic carbocycles. The number of hydrogen-bond acceptors (Lipinski definition) is 4. The number of nitrogens with two attached hydrogens (primary N) is 1. The molecule has 0 aliphatic carbocycles. The minimum Gasteiger partial charge on any atom is -0.397 e. The Kier molecular flexibility index (Phi) is 3.31. The maximum atomic E-state index is 5.95. The average molecular weight is 254 g/mol. The van der Waals surface area contributed by atoms with Crippen LogP contribution in [0.15, 0.2) is 29.1 Å². The van der Waals surface area contributed by atoms with Gasteiger partial charge in [0, 0.05) is 17.5 Å². The highest BCUT2D eigenvalue weighted by molar-refractivity contribution is 7.07. The lowest BCUT2D eigenvalue weighted by atomic mass is 10.2. The lowest BCUT2D eigenvalue weighted by molar-refractivity contribution is 0.896. The van der Waals surface area contributed by atoms with Crippen LogP contribution < -0.4 is 10.6 Å². The predicted molar refractivity (Wildman–Crippen MR) is 70.1 cm³/mol. The Morgan fingerprint density at radius 3 is 3.00 bits per heavy atom. The molecule has 1 aromatic heterocycles. The fourth-order valence-electron chi connectivity index (χ4n) is 1.49. The van der Waals surface area contributed by atoms with Gasteiger partial charge < -0.3 is 10.6 Å². The van der Waals surface area contributed by atoms with Gasteiger partial charge in [-0.15, -0.1) is 11.3 Å². The largest absolute Gasteiger partial charge is 0.397 e. The number of thiazole rings is 1. The molecule has 2 N–H and O–H groups in total. The zero-order valence-electron chi connectivity index (χ0n) is 8.85. The van der Waals surface area contributed by atoms with Gasteiger partial charge >= 0.3 is 0 Å². The monoisotopic (exact) mass is 253 g/mol. The molecule has 1 heterocycles. The van der Waals surface area contributed by atoms with Crippen molar-refractivity contribution < 1.29 is 0 Å². The van der Waals surface area contributed by atoms with Crippen LogP contribution in [-0.4, -0.2) is 12.0 Å². The Balaban J connectivity index is 2.20. The first-order valence-electron chi connectivity index (χ1n) is 4.80. The van der Waals surface area contributed by atoms with Gasteiger partial charge in [0.05, 0.1) is 29.1 Å². The molecule has 0 saturated heterocycles. The van der Waals surface area contributed by atoms with E-state index in [-0.39, 0.29) is 0 Å². The van der Waals surface area contributed by atoms with Crippen LogP contribution in [0.3, 0.4) is 0 Å². The molecule has 0 unspecified atom stereocenters. The summed E-state index contributed by atoms with van der Waals surface area (Å²) in [5.74, 6) is 0. The van der Waals surface area contributed by atoms with E-state index < -0.39 is 0 Å². The third-order valence-corrected chi connectivity index (χ3v) is 3.16. The van der Waals surface area contributed by atoms with Crippen molar-refractivity contribution in [3.63, 3.8) is 0 Å². The fourth-order valence-corrected chi connectivity index (χ4v) is 2.21. The minimum absolute atomic E-state index is 0.689. The van der Waals surface area contributed by atoms with E-state index in [0.29, 0.717) is 5.02 Å². The second-order valence-corrected chi connectivity index (χ2v) is 4.69. The van der Waals surface area contributed by atoms with Gasteiger partial charge in [-0.3, -0.25) is 0 Å². The van der Waals surface area contributed by atoms with Gasteiger partial charge in [0.15, 0.2) is 0 Å². The molecule has 0 saturated carbocycles. The molecule has 0 spiro atoms. The zero-order valence-corrected chi connectivity index (χ0v) is 10.4. The molecule has 2 aromatic rings. The highest BCUT2D eigenvalue weighted by atomic mass is 35.5. The van der Waals surface area contributed by atoms with Gasteiger partial charge in [0.25, 0.3) is 0 Å². The van der Waals surface area contributed by atoms with Crippen molar-refractivity contribution in [1.82, 2.24) is 4.98 Å². The van der Waals surface area contributed by atoms with Gasteiger partial charge in [-0.2, -0.15) is 0 Å². The second-order valence-electron chi connectivity index (χ2n) is 3.54. The first-order valence-corrected chi connectivity index (χ1v) is 6.12. The van der Waals surface area contributed by atoms with E-state index in [4.69, 9.17) is 17.3 Å². The quantitative estimate of drug-likeness (QED) is 0.855. The van der Waals surface area contributed by atoms with Crippen molar-refractivity contribution in [3.05, 3.63) is 39.8 Å². The first-order chi connectivity index (χ1) is 7.66. The highest BCUT2D eigenvalue weighted by Gasteiger charge is 2.07. The molecule has 0 bridgehead atoms. The zero-order chi connectivity index (χ0) is 11.5. The van der Waals surface area contributed by atoms with Gasteiger partial charge in [-0.25, -0.2) is 4.98 Å². The number of nitrogen functional groups attached to an aromatic ring is 1. The molecule has 0 aliphatic rings. The van der Waals surface area contributed by atoms with E-state index in [1.54, 1.807) is 17.4 Å². The van der Waals surface area contributed by atoms with E-state index in [2.05, 4.69) is 4.98 Å². The maximum absolute atomic E-state index is 5.95. The summed E-state index contributed by atoms with van der Waals surface area (Å²) < 4.78 is 0. The first kappa shape index (κ1) is 11.2. The normalized spacial score (nSPS) is 10.4. The van der Waals surface area contributed by atoms with Crippen molar-refractivity contribution >= 4 is 34.3 Å². The standard InChI is InChI=1S/C11H12ClN3S/c1-15(5-9-6-16-7-14-9)11-4-8(12)2-3-10(11)13/h2-4,6-7H,5,13H2,1H3.